The lowest BCUT2D eigenvalue weighted by Gasteiger charge is -2.29. The maximum atomic E-state index is 11.5. The molecule has 0 bridgehead atoms. The molecule has 0 saturated carbocycles. The number of hydrogen-bond donors (Lipinski definition) is 2. The molecule has 0 radical (unpaired) electrons. The summed E-state index contributed by atoms with van der Waals surface area (Å²) in [5.41, 5.74) is 2.19. The van der Waals surface area contributed by atoms with Crippen LogP contribution >= 0.6 is 11.8 Å². The summed E-state index contributed by atoms with van der Waals surface area (Å²) in [4.78, 5) is 15.9. The lowest BCUT2D eigenvalue weighted by atomic mass is 10.2. The van der Waals surface area contributed by atoms with E-state index in [2.05, 4.69) is 38.8 Å². The standard InChI is InChI=1S/C14H18N4.C9H18N2OS/c1-12-11-14(17-9-7-15-8-10-17)18(16-12)13-5-3-2-4-6-13;1-10-5-3-2-4-9(12)11-6-7-13-8-11/h2-6,11,15H,7-10H2,1H3;10H,2-8H2,1H3. The molecule has 0 spiro atoms. The summed E-state index contributed by atoms with van der Waals surface area (Å²) in [7, 11) is 1.94. The first-order chi connectivity index (χ1) is 15.2. The fourth-order valence-electron chi connectivity index (χ4n) is 3.71. The van der Waals surface area contributed by atoms with Crippen LogP contribution in [0.1, 0.15) is 25.0 Å². The van der Waals surface area contributed by atoms with Gasteiger partial charge in [-0.3, -0.25) is 4.79 Å². The lowest BCUT2D eigenvalue weighted by molar-refractivity contribution is -0.129. The second-order valence-corrected chi connectivity index (χ2v) is 8.96. The quantitative estimate of drug-likeness (QED) is 0.640. The van der Waals surface area contributed by atoms with Crippen LogP contribution in [0.15, 0.2) is 36.4 Å². The normalized spacial score (nSPS) is 16.2. The number of benzene rings is 1. The molecule has 8 heteroatoms. The molecule has 0 aliphatic carbocycles. The molecule has 31 heavy (non-hydrogen) atoms. The summed E-state index contributed by atoms with van der Waals surface area (Å²) >= 11 is 1.85. The molecular weight excluding hydrogens is 408 g/mol. The number of thioether (sulfide) groups is 1. The number of unbranched alkanes of at least 4 members (excludes halogenated alkanes) is 1. The predicted octanol–water partition coefficient (Wildman–Crippen LogP) is 2.50. The minimum absolute atomic E-state index is 0.334. The topological polar surface area (TPSA) is 65.4 Å². The number of aryl methyl sites for hydroxylation is 1. The van der Waals surface area contributed by atoms with Gasteiger partial charge in [-0.25, -0.2) is 4.68 Å². The first-order valence-electron chi connectivity index (χ1n) is 11.3. The smallest absolute Gasteiger partial charge is 0.223 e. The van der Waals surface area contributed by atoms with Crippen molar-refractivity contribution < 1.29 is 4.79 Å². The Kier molecular flexibility index (Phi) is 9.71. The summed E-state index contributed by atoms with van der Waals surface area (Å²) < 4.78 is 2.04. The van der Waals surface area contributed by atoms with Crippen LogP contribution in [0.4, 0.5) is 5.82 Å². The number of nitrogens with one attached hydrogen (secondary N) is 2. The van der Waals surface area contributed by atoms with E-state index in [4.69, 9.17) is 0 Å². The molecule has 1 amide bonds. The number of hydrogen-bond acceptors (Lipinski definition) is 6. The van der Waals surface area contributed by atoms with Crippen LogP contribution in [-0.4, -0.2) is 78.5 Å². The first kappa shape index (κ1) is 23.6. The zero-order valence-electron chi connectivity index (χ0n) is 18.8. The lowest BCUT2D eigenvalue weighted by Crippen LogP contribution is -2.44. The Labute approximate surface area is 190 Å². The number of piperazine rings is 1. The van der Waals surface area contributed by atoms with E-state index < -0.39 is 0 Å². The molecule has 1 aromatic heterocycles. The first-order valence-corrected chi connectivity index (χ1v) is 12.4. The van der Waals surface area contributed by atoms with Gasteiger partial charge in [-0.1, -0.05) is 18.2 Å². The third kappa shape index (κ3) is 7.26. The van der Waals surface area contributed by atoms with Gasteiger partial charge < -0.3 is 20.4 Å². The zero-order valence-corrected chi connectivity index (χ0v) is 19.7. The van der Waals surface area contributed by atoms with Crippen LogP contribution in [0.3, 0.4) is 0 Å². The van der Waals surface area contributed by atoms with Gasteiger partial charge in [0.1, 0.15) is 5.82 Å². The number of nitrogens with zero attached hydrogens (tertiary/aromatic N) is 4. The molecule has 1 aromatic carbocycles. The van der Waals surface area contributed by atoms with E-state index in [1.807, 2.05) is 53.5 Å². The average molecular weight is 445 g/mol. The van der Waals surface area contributed by atoms with Gasteiger partial charge in [0.25, 0.3) is 0 Å². The second-order valence-electron chi connectivity index (χ2n) is 7.88. The number of rotatable bonds is 7. The number of aromatic nitrogens is 2. The minimum Gasteiger partial charge on any atom is -0.354 e. The molecule has 2 aromatic rings. The molecule has 0 atom stereocenters. The largest absolute Gasteiger partial charge is 0.354 e. The van der Waals surface area contributed by atoms with Crippen LogP contribution in [0.5, 0.6) is 0 Å². The van der Waals surface area contributed by atoms with Gasteiger partial charge in [-0.15, -0.1) is 11.8 Å². The molecule has 2 N–H and O–H groups in total. The van der Waals surface area contributed by atoms with Crippen molar-refractivity contribution in [2.24, 2.45) is 0 Å². The number of para-hydroxylation sites is 1. The molecule has 2 saturated heterocycles. The Morgan fingerprint density at radius 1 is 1.16 bits per heavy atom. The summed E-state index contributed by atoms with van der Waals surface area (Å²) in [6, 6.07) is 12.5. The highest BCUT2D eigenvalue weighted by atomic mass is 32.2. The summed E-state index contributed by atoms with van der Waals surface area (Å²) in [6.07, 6.45) is 2.84. The van der Waals surface area contributed by atoms with E-state index in [0.29, 0.717) is 5.91 Å². The van der Waals surface area contributed by atoms with E-state index in [1.165, 1.54) is 5.82 Å². The van der Waals surface area contributed by atoms with Gasteiger partial charge >= 0.3 is 0 Å². The van der Waals surface area contributed by atoms with Gasteiger partial charge in [0, 0.05) is 51.0 Å². The number of carbonyl (C=O) groups excluding carboxylic acids is 1. The van der Waals surface area contributed by atoms with E-state index in [1.54, 1.807) is 0 Å². The van der Waals surface area contributed by atoms with Gasteiger partial charge in [-0.2, -0.15) is 5.10 Å². The van der Waals surface area contributed by atoms with Crippen molar-refractivity contribution in [1.82, 2.24) is 25.3 Å². The number of carbonyl (C=O) groups is 1. The zero-order chi connectivity index (χ0) is 21.9. The van der Waals surface area contributed by atoms with Gasteiger partial charge in [-0.05, 0) is 45.5 Å². The van der Waals surface area contributed by atoms with Crippen molar-refractivity contribution in [2.75, 3.05) is 62.8 Å². The Morgan fingerprint density at radius 3 is 2.61 bits per heavy atom. The van der Waals surface area contributed by atoms with Crippen LogP contribution in [-0.2, 0) is 4.79 Å². The Bertz CT molecular complexity index is 785. The molecule has 2 fully saturated rings. The third-order valence-corrected chi connectivity index (χ3v) is 6.39. The molecular formula is C23H36N6OS. The average Bonchev–Trinajstić information content (AvgIpc) is 3.48. The van der Waals surface area contributed by atoms with Crippen LogP contribution in [0.2, 0.25) is 0 Å². The van der Waals surface area contributed by atoms with Crippen LogP contribution in [0, 0.1) is 6.92 Å². The second kappa shape index (κ2) is 12.7. The fraction of sp³-hybridized carbons (Fsp3) is 0.565. The summed E-state index contributed by atoms with van der Waals surface area (Å²) in [5.74, 6) is 3.55. The molecule has 2 aliphatic heterocycles. The van der Waals surface area contributed by atoms with Crippen molar-refractivity contribution in [3.05, 3.63) is 42.1 Å². The fourth-order valence-corrected chi connectivity index (χ4v) is 4.68. The summed E-state index contributed by atoms with van der Waals surface area (Å²) in [6.45, 7) is 8.18. The monoisotopic (exact) mass is 444 g/mol. The van der Waals surface area contributed by atoms with Gasteiger partial charge in [0.05, 0.1) is 17.3 Å². The maximum absolute atomic E-state index is 11.5. The van der Waals surface area contributed by atoms with Crippen molar-refractivity contribution in [2.45, 2.75) is 26.2 Å². The number of amides is 1. The molecule has 2 aliphatic rings. The Morgan fingerprint density at radius 2 is 1.94 bits per heavy atom. The highest BCUT2D eigenvalue weighted by molar-refractivity contribution is 7.99. The molecule has 170 valence electrons. The van der Waals surface area contributed by atoms with E-state index in [0.717, 1.165) is 81.5 Å². The van der Waals surface area contributed by atoms with Gasteiger partial charge in [0.15, 0.2) is 0 Å². The minimum atomic E-state index is 0.334. The van der Waals surface area contributed by atoms with Crippen LogP contribution in [0.25, 0.3) is 5.69 Å². The van der Waals surface area contributed by atoms with Crippen molar-refractivity contribution in [1.29, 1.82) is 0 Å². The predicted molar refractivity (Wildman–Crippen MR) is 130 cm³/mol. The van der Waals surface area contributed by atoms with E-state index in [9.17, 15) is 4.79 Å². The third-order valence-electron chi connectivity index (χ3n) is 5.43. The maximum Gasteiger partial charge on any atom is 0.223 e. The SMILES string of the molecule is CNCCCCC(=O)N1CCSC1.Cc1cc(N2CCNCC2)n(-c2ccccc2)n1. The van der Waals surface area contributed by atoms with Crippen LogP contribution < -0.4 is 15.5 Å². The van der Waals surface area contributed by atoms with Crippen molar-refractivity contribution in [3.63, 3.8) is 0 Å². The highest BCUT2D eigenvalue weighted by Crippen LogP contribution is 2.21. The van der Waals surface area contributed by atoms with Gasteiger partial charge in [0.2, 0.25) is 5.91 Å². The highest BCUT2D eigenvalue weighted by Gasteiger charge is 2.17. The summed E-state index contributed by atoms with van der Waals surface area (Å²) in [5, 5.41) is 11.1. The van der Waals surface area contributed by atoms with E-state index >= 15 is 0 Å². The van der Waals surface area contributed by atoms with E-state index in [-0.39, 0.29) is 0 Å². The Balaban J connectivity index is 0.000000187. The molecule has 3 heterocycles. The Hall–Kier alpha value is -2.03. The molecule has 7 nitrogen and oxygen atoms in total. The number of anilines is 1. The molecule has 4 rings (SSSR count). The molecule has 0 unspecified atom stereocenters. The van der Waals surface area contributed by atoms with Crippen molar-refractivity contribution >= 4 is 23.5 Å². The van der Waals surface area contributed by atoms with Crippen molar-refractivity contribution in [3.8, 4) is 5.69 Å².